The van der Waals surface area contributed by atoms with Crippen molar-refractivity contribution in [3.63, 3.8) is 0 Å². The SMILES string of the molecule is CCOC(=O)c1ccc(NC(=O)c2c(O)c3c4c(sc3[nH]c2=O)CCCC4)cc1. The van der Waals surface area contributed by atoms with E-state index in [4.69, 9.17) is 4.74 Å². The Kier molecular flexibility index (Phi) is 5.10. The number of benzene rings is 1. The van der Waals surface area contributed by atoms with Crippen LogP contribution in [-0.4, -0.2) is 28.6 Å². The first-order valence-electron chi connectivity index (χ1n) is 9.47. The fourth-order valence-electron chi connectivity index (χ4n) is 3.61. The standard InChI is InChI=1S/C21H20N2O5S/c1-2-28-21(27)11-7-9-12(10-8-11)22-18(25)16-17(24)15-13-5-3-4-6-14(13)29-20(15)23-19(16)26/h7-10H,2-6H2,1H3,(H,22,25)(H2,23,24,26). The zero-order chi connectivity index (χ0) is 20.5. The molecule has 0 aliphatic heterocycles. The second-order valence-corrected chi connectivity index (χ2v) is 7.95. The molecular weight excluding hydrogens is 392 g/mol. The summed E-state index contributed by atoms with van der Waals surface area (Å²) in [5.41, 5.74) is 0.844. The van der Waals surface area contributed by atoms with Gasteiger partial charge in [-0.3, -0.25) is 9.59 Å². The summed E-state index contributed by atoms with van der Waals surface area (Å²) >= 11 is 1.47. The number of aromatic amines is 1. The molecule has 1 aromatic carbocycles. The molecule has 1 aliphatic carbocycles. The van der Waals surface area contributed by atoms with E-state index in [2.05, 4.69) is 10.3 Å². The van der Waals surface area contributed by atoms with Crippen molar-refractivity contribution < 1.29 is 19.4 Å². The molecule has 0 atom stereocenters. The predicted octanol–water partition coefficient (Wildman–Crippen LogP) is 3.60. The number of thiophene rings is 1. The van der Waals surface area contributed by atoms with Crippen LogP contribution >= 0.6 is 11.3 Å². The Morgan fingerprint density at radius 2 is 1.93 bits per heavy atom. The van der Waals surface area contributed by atoms with E-state index in [-0.39, 0.29) is 17.9 Å². The summed E-state index contributed by atoms with van der Waals surface area (Å²) in [5.74, 6) is -1.43. The van der Waals surface area contributed by atoms with Crippen molar-refractivity contribution in [1.82, 2.24) is 4.98 Å². The molecular formula is C21H20N2O5S. The van der Waals surface area contributed by atoms with Gasteiger partial charge < -0.3 is 20.1 Å². The third-order valence-corrected chi connectivity index (χ3v) is 6.19. The number of rotatable bonds is 4. The van der Waals surface area contributed by atoms with Gasteiger partial charge in [-0.05, 0) is 62.4 Å². The summed E-state index contributed by atoms with van der Waals surface area (Å²) in [6.07, 6.45) is 3.85. The molecule has 3 aromatic rings. The van der Waals surface area contributed by atoms with Gasteiger partial charge in [0.1, 0.15) is 16.1 Å². The molecule has 0 radical (unpaired) electrons. The molecule has 4 rings (SSSR count). The Morgan fingerprint density at radius 1 is 1.21 bits per heavy atom. The summed E-state index contributed by atoms with van der Waals surface area (Å²) in [4.78, 5) is 41.4. The van der Waals surface area contributed by atoms with Gasteiger partial charge in [0, 0.05) is 10.6 Å². The predicted molar refractivity (Wildman–Crippen MR) is 111 cm³/mol. The number of ether oxygens (including phenoxy) is 1. The van der Waals surface area contributed by atoms with Crippen molar-refractivity contribution in [2.24, 2.45) is 0 Å². The van der Waals surface area contributed by atoms with E-state index < -0.39 is 17.4 Å². The van der Waals surface area contributed by atoms with Gasteiger partial charge in [-0.1, -0.05) is 0 Å². The number of anilines is 1. The van der Waals surface area contributed by atoms with Crippen LogP contribution in [0.4, 0.5) is 5.69 Å². The number of hydrogen-bond acceptors (Lipinski definition) is 6. The van der Waals surface area contributed by atoms with Gasteiger partial charge >= 0.3 is 5.97 Å². The number of carbonyl (C=O) groups excluding carboxylic acids is 2. The molecule has 0 saturated heterocycles. The normalized spacial score (nSPS) is 13.1. The maximum atomic E-state index is 12.7. The third-order valence-electron chi connectivity index (χ3n) is 4.98. The van der Waals surface area contributed by atoms with Gasteiger partial charge in [0.2, 0.25) is 0 Å². The summed E-state index contributed by atoms with van der Waals surface area (Å²) in [6.45, 7) is 1.99. The number of fused-ring (bicyclic) bond motifs is 3. The van der Waals surface area contributed by atoms with Crippen LogP contribution in [0.5, 0.6) is 5.75 Å². The molecule has 0 spiro atoms. The Morgan fingerprint density at radius 3 is 2.66 bits per heavy atom. The maximum Gasteiger partial charge on any atom is 0.338 e. The molecule has 0 fully saturated rings. The van der Waals surface area contributed by atoms with Gasteiger partial charge in [-0.2, -0.15) is 0 Å². The van der Waals surface area contributed by atoms with Crippen LogP contribution in [0.25, 0.3) is 10.2 Å². The van der Waals surface area contributed by atoms with E-state index in [0.717, 1.165) is 36.1 Å². The Labute approximate surface area is 170 Å². The molecule has 2 heterocycles. The van der Waals surface area contributed by atoms with E-state index >= 15 is 0 Å². The number of aryl methyl sites for hydroxylation is 2. The van der Waals surface area contributed by atoms with E-state index in [0.29, 0.717) is 21.5 Å². The Balaban J connectivity index is 1.65. The van der Waals surface area contributed by atoms with Crippen LogP contribution in [-0.2, 0) is 17.6 Å². The summed E-state index contributed by atoms with van der Waals surface area (Å²) in [7, 11) is 0. The summed E-state index contributed by atoms with van der Waals surface area (Å²) in [6, 6.07) is 6.13. The van der Waals surface area contributed by atoms with Gasteiger partial charge in [0.05, 0.1) is 17.6 Å². The highest BCUT2D eigenvalue weighted by atomic mass is 32.1. The van der Waals surface area contributed by atoms with Gasteiger partial charge in [0.15, 0.2) is 0 Å². The number of hydrogen-bond donors (Lipinski definition) is 3. The van der Waals surface area contributed by atoms with Crippen molar-refractivity contribution in [2.75, 3.05) is 11.9 Å². The van der Waals surface area contributed by atoms with Crippen molar-refractivity contribution in [3.05, 3.63) is 56.2 Å². The Hall–Kier alpha value is -3.13. The first kappa shape index (κ1) is 19.2. The summed E-state index contributed by atoms with van der Waals surface area (Å²) < 4.78 is 4.92. The quantitative estimate of drug-likeness (QED) is 0.568. The first-order valence-corrected chi connectivity index (χ1v) is 10.3. The largest absolute Gasteiger partial charge is 0.506 e. The van der Waals surface area contributed by atoms with E-state index in [1.165, 1.54) is 23.5 Å². The van der Waals surface area contributed by atoms with Crippen LogP contribution in [0, 0.1) is 0 Å². The number of amides is 1. The lowest BCUT2D eigenvalue weighted by atomic mass is 9.96. The van der Waals surface area contributed by atoms with Crippen molar-refractivity contribution >= 4 is 39.1 Å². The van der Waals surface area contributed by atoms with Gasteiger partial charge in [0.25, 0.3) is 11.5 Å². The Bertz CT molecular complexity index is 1160. The summed E-state index contributed by atoms with van der Waals surface area (Å²) in [5, 5.41) is 13.9. The lowest BCUT2D eigenvalue weighted by molar-refractivity contribution is 0.0526. The van der Waals surface area contributed by atoms with Crippen LogP contribution in [0.15, 0.2) is 29.1 Å². The molecule has 0 bridgehead atoms. The molecule has 0 unspecified atom stereocenters. The minimum Gasteiger partial charge on any atom is -0.506 e. The average Bonchev–Trinajstić information content (AvgIpc) is 3.07. The number of H-pyrrole nitrogens is 1. The van der Waals surface area contributed by atoms with E-state index in [9.17, 15) is 19.5 Å². The molecule has 150 valence electrons. The second-order valence-electron chi connectivity index (χ2n) is 6.84. The number of carbonyl (C=O) groups is 2. The first-order chi connectivity index (χ1) is 14.0. The smallest absolute Gasteiger partial charge is 0.338 e. The highest BCUT2D eigenvalue weighted by Crippen LogP contribution is 2.40. The maximum absolute atomic E-state index is 12.7. The lowest BCUT2D eigenvalue weighted by Gasteiger charge is -2.12. The molecule has 1 amide bonds. The minimum absolute atomic E-state index is 0.272. The number of aromatic hydroxyl groups is 1. The van der Waals surface area contributed by atoms with Gasteiger partial charge in [-0.15, -0.1) is 11.3 Å². The average molecular weight is 412 g/mol. The van der Waals surface area contributed by atoms with Crippen molar-refractivity contribution in [1.29, 1.82) is 0 Å². The molecule has 8 heteroatoms. The van der Waals surface area contributed by atoms with E-state index in [1.807, 2.05) is 0 Å². The highest BCUT2D eigenvalue weighted by molar-refractivity contribution is 7.18. The highest BCUT2D eigenvalue weighted by Gasteiger charge is 2.25. The topological polar surface area (TPSA) is 108 Å². The molecule has 29 heavy (non-hydrogen) atoms. The molecule has 1 aliphatic rings. The van der Waals surface area contributed by atoms with Crippen LogP contribution in [0.1, 0.15) is 50.9 Å². The van der Waals surface area contributed by atoms with Crippen LogP contribution in [0.2, 0.25) is 0 Å². The number of pyridine rings is 1. The van der Waals surface area contributed by atoms with Crippen molar-refractivity contribution in [3.8, 4) is 5.75 Å². The second kappa shape index (κ2) is 7.71. The zero-order valence-corrected chi connectivity index (χ0v) is 16.6. The lowest BCUT2D eigenvalue weighted by Crippen LogP contribution is -2.23. The molecule has 2 aromatic heterocycles. The number of nitrogens with one attached hydrogen (secondary N) is 2. The minimum atomic E-state index is -0.703. The van der Waals surface area contributed by atoms with E-state index in [1.54, 1.807) is 19.1 Å². The fourth-order valence-corrected chi connectivity index (χ4v) is 4.90. The third kappa shape index (κ3) is 3.51. The number of esters is 1. The van der Waals surface area contributed by atoms with Gasteiger partial charge in [-0.25, -0.2) is 4.79 Å². The molecule has 3 N–H and O–H groups in total. The van der Waals surface area contributed by atoms with Crippen LogP contribution in [0.3, 0.4) is 0 Å². The number of aromatic nitrogens is 1. The fraction of sp³-hybridized carbons (Fsp3) is 0.286. The molecule has 0 saturated carbocycles. The van der Waals surface area contributed by atoms with Crippen LogP contribution < -0.4 is 10.9 Å². The van der Waals surface area contributed by atoms with Crippen molar-refractivity contribution in [2.45, 2.75) is 32.6 Å². The monoisotopic (exact) mass is 412 g/mol. The molecule has 7 nitrogen and oxygen atoms in total. The zero-order valence-electron chi connectivity index (χ0n) is 15.8.